The fraction of sp³-hybridized carbons (Fsp3) is 0.821. The number of methoxy groups -OCH3 is 1. The highest BCUT2D eigenvalue weighted by Crippen LogP contribution is 2.36. The normalized spacial score (nSPS) is 29.3. The Morgan fingerprint density at radius 2 is 1.87 bits per heavy atom. The minimum Gasteiger partial charge on any atom is -0.381 e. The number of Topliss-reactive ketones (excluding diaryl/α,β-unsaturated/α-hetero) is 1. The van der Waals surface area contributed by atoms with Crippen LogP contribution < -0.4 is 5.32 Å². The van der Waals surface area contributed by atoms with E-state index in [0.717, 1.165) is 19.4 Å². The zero-order chi connectivity index (χ0) is 28.6. The van der Waals surface area contributed by atoms with E-state index in [-0.39, 0.29) is 18.6 Å². The van der Waals surface area contributed by atoms with Gasteiger partial charge in [0.2, 0.25) is 0 Å². The summed E-state index contributed by atoms with van der Waals surface area (Å²) in [6.45, 7) is 13.9. The molecule has 0 amide bonds. The molecule has 2 aliphatic rings. The second-order valence-corrected chi connectivity index (χ2v) is 11.5. The number of halogens is 4. The number of nitrogens with one attached hydrogen (secondary N) is 1. The number of ether oxygens (including phenoxy) is 2. The molecule has 2 rings (SSSR count). The third-order valence-electron chi connectivity index (χ3n) is 7.75. The molecular formula is C28H47F4N3O3. The molecule has 38 heavy (non-hydrogen) atoms. The predicted molar refractivity (Wildman–Crippen MR) is 141 cm³/mol. The quantitative estimate of drug-likeness (QED) is 0.254. The number of hydrogen-bond donors (Lipinski definition) is 1. The van der Waals surface area contributed by atoms with Crippen LogP contribution in [0.4, 0.5) is 17.6 Å². The molecule has 0 bridgehead atoms. The van der Waals surface area contributed by atoms with Crippen LogP contribution in [0.5, 0.6) is 0 Å². The molecule has 3 atom stereocenters. The molecule has 1 aliphatic heterocycles. The first-order valence-corrected chi connectivity index (χ1v) is 13.7. The van der Waals surface area contributed by atoms with Crippen LogP contribution in [-0.4, -0.2) is 85.7 Å². The van der Waals surface area contributed by atoms with Crippen LogP contribution in [0.15, 0.2) is 24.0 Å². The van der Waals surface area contributed by atoms with Gasteiger partial charge in [-0.3, -0.25) is 9.69 Å². The van der Waals surface area contributed by atoms with Crippen LogP contribution >= 0.6 is 0 Å². The Balaban J connectivity index is 2.04. The van der Waals surface area contributed by atoms with E-state index >= 15 is 4.39 Å². The van der Waals surface area contributed by atoms with E-state index < -0.39 is 28.9 Å². The summed E-state index contributed by atoms with van der Waals surface area (Å²) >= 11 is 0. The highest BCUT2D eigenvalue weighted by atomic mass is 19.4. The van der Waals surface area contributed by atoms with E-state index in [0.29, 0.717) is 64.2 Å². The van der Waals surface area contributed by atoms with Gasteiger partial charge in [0.15, 0.2) is 0 Å². The lowest BCUT2D eigenvalue weighted by molar-refractivity contribution is -0.168. The smallest absolute Gasteiger partial charge is 0.381 e. The van der Waals surface area contributed by atoms with E-state index in [1.54, 1.807) is 14.0 Å². The van der Waals surface area contributed by atoms with Gasteiger partial charge in [-0.2, -0.15) is 13.2 Å². The van der Waals surface area contributed by atoms with Crippen molar-refractivity contribution in [2.75, 3.05) is 46.6 Å². The average molecular weight is 550 g/mol. The lowest BCUT2D eigenvalue weighted by Gasteiger charge is -2.38. The molecule has 0 aromatic heterocycles. The average Bonchev–Trinajstić information content (AvgIpc) is 2.97. The summed E-state index contributed by atoms with van der Waals surface area (Å²) in [6.07, 6.45) is 0.910. The molecule has 0 spiro atoms. The number of carbonyl (C=O) groups excluding carboxylic acids is 1. The van der Waals surface area contributed by atoms with Gasteiger partial charge in [-0.05, 0) is 79.2 Å². The Bertz CT molecular complexity index is 814. The van der Waals surface area contributed by atoms with E-state index in [2.05, 4.69) is 16.8 Å². The van der Waals surface area contributed by atoms with Crippen LogP contribution in [-0.2, 0) is 14.3 Å². The molecule has 1 N–H and O–H groups in total. The zero-order valence-corrected chi connectivity index (χ0v) is 23.8. The maximum atomic E-state index is 15.3. The van der Waals surface area contributed by atoms with Crippen molar-refractivity contribution >= 4 is 5.78 Å². The van der Waals surface area contributed by atoms with Gasteiger partial charge >= 0.3 is 6.18 Å². The number of carbonyl (C=O) groups is 1. The number of ketones is 1. The van der Waals surface area contributed by atoms with Gasteiger partial charge < -0.3 is 19.7 Å². The number of alkyl halides is 4. The number of allylic oxidation sites excluding steroid dienone is 3. The van der Waals surface area contributed by atoms with Gasteiger partial charge in [-0.25, -0.2) is 4.39 Å². The second kappa shape index (κ2) is 14.2. The molecular weight excluding hydrogens is 502 g/mol. The fourth-order valence-corrected chi connectivity index (χ4v) is 5.28. The fourth-order valence-electron chi connectivity index (χ4n) is 5.28. The summed E-state index contributed by atoms with van der Waals surface area (Å²) in [4.78, 5) is 15.7. The molecule has 0 radical (unpaired) electrons. The Hall–Kier alpha value is -1.49. The first-order valence-electron chi connectivity index (χ1n) is 13.7. The first kappa shape index (κ1) is 32.7. The van der Waals surface area contributed by atoms with Crippen LogP contribution in [0.3, 0.4) is 0 Å². The second-order valence-electron chi connectivity index (χ2n) is 11.5. The van der Waals surface area contributed by atoms with Crippen LogP contribution in [0, 0.1) is 5.92 Å². The Morgan fingerprint density at radius 1 is 1.18 bits per heavy atom. The van der Waals surface area contributed by atoms with E-state index in [1.807, 2.05) is 13.8 Å². The van der Waals surface area contributed by atoms with E-state index in [1.165, 1.54) is 17.9 Å². The lowest BCUT2D eigenvalue weighted by Crippen LogP contribution is -2.51. The molecule has 1 saturated heterocycles. The van der Waals surface area contributed by atoms with Gasteiger partial charge in [0, 0.05) is 43.9 Å². The summed E-state index contributed by atoms with van der Waals surface area (Å²) in [5, 5.41) is 3.41. The van der Waals surface area contributed by atoms with E-state index in [9.17, 15) is 18.0 Å². The van der Waals surface area contributed by atoms with Crippen molar-refractivity contribution in [1.82, 2.24) is 15.1 Å². The molecule has 2 fully saturated rings. The lowest BCUT2D eigenvalue weighted by atomic mass is 9.87. The largest absolute Gasteiger partial charge is 0.456 e. The summed E-state index contributed by atoms with van der Waals surface area (Å²) in [5.74, 6) is -2.06. The zero-order valence-electron chi connectivity index (χ0n) is 23.8. The van der Waals surface area contributed by atoms with Gasteiger partial charge in [0.25, 0.3) is 5.78 Å². The van der Waals surface area contributed by atoms with Crippen molar-refractivity contribution < 1.29 is 31.8 Å². The Morgan fingerprint density at radius 3 is 2.50 bits per heavy atom. The van der Waals surface area contributed by atoms with Crippen LogP contribution in [0.25, 0.3) is 0 Å². The molecule has 3 unspecified atom stereocenters. The molecule has 0 aromatic rings. The maximum Gasteiger partial charge on any atom is 0.456 e. The van der Waals surface area contributed by atoms with Gasteiger partial charge in [-0.15, -0.1) is 0 Å². The minimum absolute atomic E-state index is 0.0871. The first-order chi connectivity index (χ1) is 17.7. The molecule has 10 heteroatoms. The Labute approximate surface area is 225 Å². The minimum atomic E-state index is -4.96. The van der Waals surface area contributed by atoms with Crippen molar-refractivity contribution in [3.05, 3.63) is 24.0 Å². The highest BCUT2D eigenvalue weighted by Gasteiger charge is 2.43. The van der Waals surface area contributed by atoms with Crippen molar-refractivity contribution in [2.45, 2.75) is 96.1 Å². The number of nitrogens with zero attached hydrogens (tertiary/aromatic N) is 2. The predicted octanol–water partition coefficient (Wildman–Crippen LogP) is 5.60. The standard InChI is InChI=1S/C28H47F4N3O3/c1-7-24(25(36)28(30,31)32)35-19-26(3,4)33-15-9-17-34(16-8-10-21(35)2)20-38-18-22-11-12-23(37-6)13-14-27(22,5)29/h7,22-23,33H,2,8-20H2,1,3-6H3. The number of hydrogen-bond acceptors (Lipinski definition) is 6. The molecule has 1 saturated carbocycles. The van der Waals surface area contributed by atoms with Gasteiger partial charge in [0.05, 0.1) is 25.1 Å². The molecule has 0 aromatic carbocycles. The monoisotopic (exact) mass is 549 g/mol. The van der Waals surface area contributed by atoms with Crippen molar-refractivity contribution in [3.63, 3.8) is 0 Å². The van der Waals surface area contributed by atoms with Crippen molar-refractivity contribution in [3.8, 4) is 0 Å². The topological polar surface area (TPSA) is 54.0 Å². The molecule has 220 valence electrons. The van der Waals surface area contributed by atoms with Gasteiger partial charge in [-0.1, -0.05) is 12.7 Å². The summed E-state index contributed by atoms with van der Waals surface area (Å²) in [7, 11) is 1.67. The van der Waals surface area contributed by atoms with Gasteiger partial charge in [0.1, 0.15) is 5.67 Å². The summed E-state index contributed by atoms with van der Waals surface area (Å²) in [5.41, 5.74) is -1.80. The number of rotatable bonds is 7. The molecule has 1 heterocycles. The SMILES string of the molecule is C=C1CCCN(COCC2CCC(OC)CCC2(C)F)CCCNC(C)(C)CN1C(=CC)C(=O)C(F)(F)F. The third-order valence-corrected chi connectivity index (χ3v) is 7.75. The van der Waals surface area contributed by atoms with Crippen LogP contribution in [0.1, 0.15) is 72.6 Å². The van der Waals surface area contributed by atoms with Crippen molar-refractivity contribution in [1.29, 1.82) is 0 Å². The highest BCUT2D eigenvalue weighted by molar-refractivity contribution is 5.99. The summed E-state index contributed by atoms with van der Waals surface area (Å²) < 4.78 is 66.7. The summed E-state index contributed by atoms with van der Waals surface area (Å²) in [6, 6.07) is 0. The Kier molecular flexibility index (Phi) is 12.3. The third kappa shape index (κ3) is 9.92. The van der Waals surface area contributed by atoms with E-state index in [4.69, 9.17) is 9.47 Å². The van der Waals surface area contributed by atoms with Crippen LogP contribution in [0.2, 0.25) is 0 Å². The molecule has 1 aliphatic carbocycles. The van der Waals surface area contributed by atoms with Crippen molar-refractivity contribution in [2.24, 2.45) is 5.92 Å². The molecule has 6 nitrogen and oxygen atoms in total. The maximum absolute atomic E-state index is 15.3.